The van der Waals surface area contributed by atoms with E-state index in [1.54, 1.807) is 24.3 Å². The standard InChI is InChI=1S/C17H22N2O4/c20-16(21)13-3-1-12(2-4-13)9-18-17(22)19-7-5-14(10-19)15-6-8-23-11-15/h1-4,14-15H,5-11H2,(H,18,22)(H,20,21). The number of amides is 2. The fourth-order valence-electron chi connectivity index (χ4n) is 3.34. The van der Waals surface area contributed by atoms with Crippen LogP contribution in [-0.2, 0) is 11.3 Å². The number of likely N-dealkylation sites (tertiary alicyclic amines) is 1. The number of carbonyl (C=O) groups excluding carboxylic acids is 1. The zero-order valence-electron chi connectivity index (χ0n) is 13.0. The molecule has 2 aliphatic rings. The topological polar surface area (TPSA) is 78.9 Å². The van der Waals surface area contributed by atoms with Crippen LogP contribution in [0.25, 0.3) is 0 Å². The van der Waals surface area contributed by atoms with Gasteiger partial charge in [-0.2, -0.15) is 0 Å². The van der Waals surface area contributed by atoms with Crippen LogP contribution in [0, 0.1) is 11.8 Å². The van der Waals surface area contributed by atoms with E-state index in [1.807, 2.05) is 4.90 Å². The van der Waals surface area contributed by atoms with E-state index < -0.39 is 5.97 Å². The molecule has 0 saturated carbocycles. The molecule has 0 bridgehead atoms. The molecule has 2 unspecified atom stereocenters. The average Bonchev–Trinajstić information content (AvgIpc) is 3.23. The maximum Gasteiger partial charge on any atom is 0.335 e. The molecule has 2 atom stereocenters. The molecule has 6 heteroatoms. The Labute approximate surface area is 135 Å². The molecule has 2 N–H and O–H groups in total. The van der Waals surface area contributed by atoms with Crippen molar-refractivity contribution in [2.45, 2.75) is 19.4 Å². The van der Waals surface area contributed by atoms with E-state index in [-0.39, 0.29) is 11.6 Å². The number of carbonyl (C=O) groups is 2. The Bertz CT molecular complexity index is 566. The van der Waals surface area contributed by atoms with Crippen molar-refractivity contribution in [3.63, 3.8) is 0 Å². The van der Waals surface area contributed by atoms with Gasteiger partial charge in [0.1, 0.15) is 0 Å². The molecular formula is C17H22N2O4. The molecule has 0 aliphatic carbocycles. The van der Waals surface area contributed by atoms with E-state index in [4.69, 9.17) is 9.84 Å². The normalized spacial score (nSPS) is 23.9. The van der Waals surface area contributed by atoms with E-state index in [0.29, 0.717) is 18.4 Å². The van der Waals surface area contributed by atoms with Crippen molar-refractivity contribution in [3.8, 4) is 0 Å². The highest BCUT2D eigenvalue weighted by molar-refractivity contribution is 5.87. The molecule has 0 radical (unpaired) electrons. The summed E-state index contributed by atoms with van der Waals surface area (Å²) in [4.78, 5) is 24.9. The quantitative estimate of drug-likeness (QED) is 0.889. The van der Waals surface area contributed by atoms with Gasteiger partial charge in [0, 0.05) is 32.8 Å². The van der Waals surface area contributed by atoms with Crippen LogP contribution in [0.2, 0.25) is 0 Å². The van der Waals surface area contributed by atoms with Gasteiger partial charge in [0.2, 0.25) is 0 Å². The van der Waals surface area contributed by atoms with Crippen molar-refractivity contribution < 1.29 is 19.4 Å². The lowest BCUT2D eigenvalue weighted by atomic mass is 9.91. The highest BCUT2D eigenvalue weighted by Gasteiger charge is 2.33. The van der Waals surface area contributed by atoms with Crippen molar-refractivity contribution in [3.05, 3.63) is 35.4 Å². The number of urea groups is 1. The van der Waals surface area contributed by atoms with Gasteiger partial charge < -0.3 is 20.1 Å². The maximum atomic E-state index is 12.2. The molecule has 0 spiro atoms. The molecule has 1 aromatic carbocycles. The summed E-state index contributed by atoms with van der Waals surface area (Å²) in [7, 11) is 0. The molecule has 1 aromatic rings. The lowest BCUT2D eigenvalue weighted by molar-refractivity contribution is 0.0697. The fourth-order valence-corrected chi connectivity index (χ4v) is 3.34. The Morgan fingerprint density at radius 3 is 2.65 bits per heavy atom. The smallest absolute Gasteiger partial charge is 0.335 e. The monoisotopic (exact) mass is 318 g/mol. The third-order valence-electron chi connectivity index (χ3n) is 4.79. The Kier molecular flexibility index (Phi) is 4.81. The third-order valence-corrected chi connectivity index (χ3v) is 4.79. The molecule has 2 saturated heterocycles. The van der Waals surface area contributed by atoms with Crippen LogP contribution >= 0.6 is 0 Å². The number of rotatable bonds is 4. The maximum absolute atomic E-state index is 12.2. The van der Waals surface area contributed by atoms with Crippen LogP contribution in [0.5, 0.6) is 0 Å². The summed E-state index contributed by atoms with van der Waals surface area (Å²) in [5.74, 6) is 0.203. The largest absolute Gasteiger partial charge is 0.478 e. The number of benzene rings is 1. The molecule has 2 aliphatic heterocycles. The summed E-state index contributed by atoms with van der Waals surface area (Å²) in [6.45, 7) is 3.69. The predicted molar refractivity (Wildman–Crippen MR) is 84.2 cm³/mol. The van der Waals surface area contributed by atoms with Crippen molar-refractivity contribution in [2.75, 3.05) is 26.3 Å². The van der Waals surface area contributed by atoms with Gasteiger partial charge in [-0.1, -0.05) is 12.1 Å². The van der Waals surface area contributed by atoms with Crippen LogP contribution in [-0.4, -0.2) is 48.3 Å². The van der Waals surface area contributed by atoms with Crippen LogP contribution < -0.4 is 5.32 Å². The van der Waals surface area contributed by atoms with E-state index in [1.165, 1.54) is 0 Å². The van der Waals surface area contributed by atoms with Crippen molar-refractivity contribution >= 4 is 12.0 Å². The molecule has 0 aromatic heterocycles. The number of ether oxygens (including phenoxy) is 1. The van der Waals surface area contributed by atoms with E-state index >= 15 is 0 Å². The Morgan fingerprint density at radius 1 is 1.22 bits per heavy atom. The van der Waals surface area contributed by atoms with Crippen LogP contribution in [0.3, 0.4) is 0 Å². The van der Waals surface area contributed by atoms with Crippen molar-refractivity contribution in [1.82, 2.24) is 10.2 Å². The van der Waals surface area contributed by atoms with Gasteiger partial charge in [-0.15, -0.1) is 0 Å². The minimum Gasteiger partial charge on any atom is -0.478 e. The number of nitrogens with one attached hydrogen (secondary N) is 1. The van der Waals surface area contributed by atoms with Gasteiger partial charge in [-0.25, -0.2) is 9.59 Å². The van der Waals surface area contributed by atoms with Crippen LogP contribution in [0.1, 0.15) is 28.8 Å². The second-order valence-corrected chi connectivity index (χ2v) is 6.28. The van der Waals surface area contributed by atoms with E-state index in [9.17, 15) is 9.59 Å². The molecule has 2 heterocycles. The molecule has 23 heavy (non-hydrogen) atoms. The van der Waals surface area contributed by atoms with Gasteiger partial charge in [-0.05, 0) is 42.4 Å². The summed E-state index contributed by atoms with van der Waals surface area (Å²) >= 11 is 0. The lowest BCUT2D eigenvalue weighted by Gasteiger charge is -2.19. The molecular weight excluding hydrogens is 296 g/mol. The molecule has 3 rings (SSSR count). The third kappa shape index (κ3) is 3.82. The predicted octanol–water partition coefficient (Wildman–Crippen LogP) is 1.95. The number of aromatic carboxylic acids is 1. The average molecular weight is 318 g/mol. The minimum atomic E-state index is -0.945. The SMILES string of the molecule is O=C(O)c1ccc(CNC(=O)N2CCC(C3CCOC3)C2)cc1. The number of hydrogen-bond acceptors (Lipinski definition) is 3. The number of carboxylic acids is 1. The minimum absolute atomic E-state index is 0.0475. The first-order valence-electron chi connectivity index (χ1n) is 8.06. The van der Waals surface area contributed by atoms with Gasteiger partial charge in [0.15, 0.2) is 0 Å². The first kappa shape index (κ1) is 15.8. The van der Waals surface area contributed by atoms with Crippen molar-refractivity contribution in [1.29, 1.82) is 0 Å². The van der Waals surface area contributed by atoms with Gasteiger partial charge >= 0.3 is 12.0 Å². The highest BCUT2D eigenvalue weighted by Crippen LogP contribution is 2.29. The van der Waals surface area contributed by atoms with Gasteiger partial charge in [0.25, 0.3) is 0 Å². The molecule has 2 fully saturated rings. The number of nitrogens with zero attached hydrogens (tertiary/aromatic N) is 1. The van der Waals surface area contributed by atoms with Gasteiger partial charge in [0.05, 0.1) is 5.56 Å². The summed E-state index contributed by atoms with van der Waals surface area (Å²) in [5.41, 5.74) is 1.14. The molecule has 2 amide bonds. The van der Waals surface area contributed by atoms with E-state index in [0.717, 1.165) is 44.7 Å². The summed E-state index contributed by atoms with van der Waals surface area (Å²) < 4.78 is 5.44. The zero-order chi connectivity index (χ0) is 16.2. The Balaban J connectivity index is 1.47. The van der Waals surface area contributed by atoms with Crippen LogP contribution in [0.15, 0.2) is 24.3 Å². The highest BCUT2D eigenvalue weighted by atomic mass is 16.5. The first-order chi connectivity index (χ1) is 11.1. The number of hydrogen-bond donors (Lipinski definition) is 2. The first-order valence-corrected chi connectivity index (χ1v) is 8.06. The summed E-state index contributed by atoms with van der Waals surface area (Å²) in [6.07, 6.45) is 2.16. The Morgan fingerprint density at radius 2 is 2.00 bits per heavy atom. The molecule has 124 valence electrons. The molecule has 6 nitrogen and oxygen atoms in total. The fraction of sp³-hybridized carbons (Fsp3) is 0.529. The second-order valence-electron chi connectivity index (χ2n) is 6.28. The Hall–Kier alpha value is -2.08. The second kappa shape index (κ2) is 7.00. The summed E-state index contributed by atoms with van der Waals surface area (Å²) in [6, 6.07) is 6.51. The lowest BCUT2D eigenvalue weighted by Crippen LogP contribution is -2.38. The number of carboxylic acid groups (broad SMARTS) is 1. The summed E-state index contributed by atoms with van der Waals surface area (Å²) in [5, 5.41) is 11.8. The zero-order valence-corrected chi connectivity index (χ0v) is 13.0. The van der Waals surface area contributed by atoms with Crippen LogP contribution in [0.4, 0.5) is 4.79 Å². The van der Waals surface area contributed by atoms with Crippen molar-refractivity contribution in [2.24, 2.45) is 11.8 Å². The van der Waals surface area contributed by atoms with E-state index in [2.05, 4.69) is 5.32 Å². The van der Waals surface area contributed by atoms with Gasteiger partial charge in [-0.3, -0.25) is 0 Å².